The third-order valence-corrected chi connectivity index (χ3v) is 3.17. The van der Waals surface area contributed by atoms with Crippen LogP contribution in [0.3, 0.4) is 0 Å². The number of rotatable bonds is 5. The number of ether oxygens (including phenoxy) is 1. The molecule has 120 valence electrons. The Hall–Kier alpha value is -1.92. The maximum absolute atomic E-state index is 12.5. The van der Waals surface area contributed by atoms with E-state index in [1.165, 1.54) is 0 Å². The molecule has 6 nitrogen and oxygen atoms in total. The van der Waals surface area contributed by atoms with Gasteiger partial charge in [0.15, 0.2) is 11.1 Å². The van der Waals surface area contributed by atoms with Crippen LogP contribution in [0.15, 0.2) is 28.7 Å². The number of aromatic nitrogens is 1. The van der Waals surface area contributed by atoms with Crippen molar-refractivity contribution in [2.75, 3.05) is 6.61 Å². The SMILES string of the molecule is CC(C)(C)OC(=O)C(N)(CCCO)c1nc2ccccc2o1. The van der Waals surface area contributed by atoms with Crippen molar-refractivity contribution < 1.29 is 19.1 Å². The molecule has 1 atom stereocenters. The Kier molecular flexibility index (Phi) is 4.53. The zero-order chi connectivity index (χ0) is 16.4. The van der Waals surface area contributed by atoms with E-state index < -0.39 is 17.1 Å². The molecule has 0 spiro atoms. The highest BCUT2D eigenvalue weighted by molar-refractivity contribution is 5.83. The Morgan fingerprint density at radius 2 is 2.05 bits per heavy atom. The third-order valence-electron chi connectivity index (χ3n) is 3.17. The smallest absolute Gasteiger partial charge is 0.336 e. The molecule has 1 aromatic carbocycles. The van der Waals surface area contributed by atoms with Gasteiger partial charge in [-0.25, -0.2) is 9.78 Å². The van der Waals surface area contributed by atoms with Crippen LogP contribution in [0.2, 0.25) is 0 Å². The van der Waals surface area contributed by atoms with Crippen LogP contribution in [-0.2, 0) is 15.1 Å². The van der Waals surface area contributed by atoms with Crippen LogP contribution in [0.25, 0.3) is 11.1 Å². The van der Waals surface area contributed by atoms with Gasteiger partial charge in [0.25, 0.3) is 0 Å². The fraction of sp³-hybridized carbons (Fsp3) is 0.500. The molecule has 0 saturated heterocycles. The summed E-state index contributed by atoms with van der Waals surface area (Å²) in [6, 6.07) is 7.18. The van der Waals surface area contributed by atoms with Gasteiger partial charge >= 0.3 is 5.97 Å². The first-order valence-electron chi connectivity index (χ1n) is 7.25. The number of para-hydroxylation sites is 2. The van der Waals surface area contributed by atoms with Gasteiger partial charge in [-0.2, -0.15) is 0 Å². The molecule has 3 N–H and O–H groups in total. The van der Waals surface area contributed by atoms with Gasteiger partial charge in [0.1, 0.15) is 11.1 Å². The number of hydrogen-bond acceptors (Lipinski definition) is 6. The molecule has 2 rings (SSSR count). The Balaban J connectivity index is 2.41. The Morgan fingerprint density at radius 3 is 2.64 bits per heavy atom. The summed E-state index contributed by atoms with van der Waals surface area (Å²) in [6.45, 7) is 5.22. The van der Waals surface area contributed by atoms with Crippen molar-refractivity contribution >= 4 is 17.1 Å². The number of benzene rings is 1. The minimum absolute atomic E-state index is 0.0814. The van der Waals surface area contributed by atoms with Crippen LogP contribution >= 0.6 is 0 Å². The number of aliphatic hydroxyl groups excluding tert-OH is 1. The number of hydrogen-bond donors (Lipinski definition) is 2. The van der Waals surface area contributed by atoms with Gasteiger partial charge < -0.3 is 20.0 Å². The second kappa shape index (κ2) is 6.06. The normalized spacial score (nSPS) is 14.8. The average molecular weight is 306 g/mol. The number of carbonyl (C=O) groups excluding carboxylic acids is 1. The topological polar surface area (TPSA) is 98.6 Å². The third kappa shape index (κ3) is 3.45. The summed E-state index contributed by atoms with van der Waals surface area (Å²) >= 11 is 0. The average Bonchev–Trinajstić information content (AvgIpc) is 2.87. The molecule has 0 bridgehead atoms. The monoisotopic (exact) mass is 306 g/mol. The molecule has 0 fully saturated rings. The maximum Gasteiger partial charge on any atom is 0.336 e. The largest absolute Gasteiger partial charge is 0.458 e. The molecule has 22 heavy (non-hydrogen) atoms. The van der Waals surface area contributed by atoms with E-state index in [1.54, 1.807) is 32.9 Å². The number of esters is 1. The molecular formula is C16H22N2O4. The second-order valence-corrected chi connectivity index (χ2v) is 6.29. The van der Waals surface area contributed by atoms with Crippen LogP contribution in [0, 0.1) is 0 Å². The summed E-state index contributed by atoms with van der Waals surface area (Å²) in [5.41, 5.74) is 5.27. The van der Waals surface area contributed by atoms with E-state index in [4.69, 9.17) is 20.0 Å². The minimum Gasteiger partial charge on any atom is -0.458 e. The van der Waals surface area contributed by atoms with Crippen molar-refractivity contribution in [3.05, 3.63) is 30.2 Å². The molecule has 0 saturated carbocycles. The van der Waals surface area contributed by atoms with E-state index in [-0.39, 0.29) is 18.9 Å². The van der Waals surface area contributed by atoms with Crippen LogP contribution < -0.4 is 5.73 Å². The van der Waals surface area contributed by atoms with E-state index in [0.717, 1.165) is 0 Å². The van der Waals surface area contributed by atoms with E-state index in [1.807, 2.05) is 12.1 Å². The molecule has 0 amide bonds. The van der Waals surface area contributed by atoms with Gasteiger partial charge in [-0.3, -0.25) is 0 Å². The van der Waals surface area contributed by atoms with Gasteiger partial charge in [0.05, 0.1) is 0 Å². The first-order chi connectivity index (χ1) is 10.3. The van der Waals surface area contributed by atoms with Gasteiger partial charge in [-0.1, -0.05) is 12.1 Å². The Labute approximate surface area is 129 Å². The molecule has 1 unspecified atom stereocenters. The maximum atomic E-state index is 12.5. The number of carbonyl (C=O) groups is 1. The van der Waals surface area contributed by atoms with E-state index in [0.29, 0.717) is 17.5 Å². The molecule has 2 aromatic rings. The minimum atomic E-state index is -1.52. The lowest BCUT2D eigenvalue weighted by atomic mass is 9.94. The number of fused-ring (bicyclic) bond motifs is 1. The van der Waals surface area contributed by atoms with Crippen LogP contribution in [0.1, 0.15) is 39.5 Å². The lowest BCUT2D eigenvalue weighted by Crippen LogP contribution is -2.48. The van der Waals surface area contributed by atoms with Gasteiger partial charge in [-0.15, -0.1) is 0 Å². The molecular weight excluding hydrogens is 284 g/mol. The summed E-state index contributed by atoms with van der Waals surface area (Å²) in [5, 5.41) is 9.07. The second-order valence-electron chi connectivity index (χ2n) is 6.29. The highest BCUT2D eigenvalue weighted by Crippen LogP contribution is 2.29. The number of nitrogens with two attached hydrogens (primary N) is 1. The molecule has 0 aliphatic rings. The number of nitrogens with zero attached hydrogens (tertiary/aromatic N) is 1. The summed E-state index contributed by atoms with van der Waals surface area (Å²) in [5.74, 6) is -0.503. The van der Waals surface area contributed by atoms with E-state index in [2.05, 4.69) is 4.98 Å². The molecule has 6 heteroatoms. The highest BCUT2D eigenvalue weighted by atomic mass is 16.6. The number of aliphatic hydroxyl groups is 1. The summed E-state index contributed by atoms with van der Waals surface area (Å²) in [4.78, 5) is 16.8. The van der Waals surface area contributed by atoms with Crippen LogP contribution in [0.5, 0.6) is 0 Å². The fourth-order valence-electron chi connectivity index (χ4n) is 2.09. The van der Waals surface area contributed by atoms with Crippen molar-refractivity contribution in [2.45, 2.75) is 44.8 Å². The van der Waals surface area contributed by atoms with Gasteiger partial charge in [0.2, 0.25) is 5.89 Å². The van der Waals surface area contributed by atoms with E-state index in [9.17, 15) is 4.79 Å². The molecule has 1 aromatic heterocycles. The Morgan fingerprint density at radius 1 is 1.36 bits per heavy atom. The molecule has 0 radical (unpaired) electrons. The van der Waals surface area contributed by atoms with Crippen molar-refractivity contribution in [1.82, 2.24) is 4.98 Å². The Bertz CT molecular complexity index is 626. The van der Waals surface area contributed by atoms with Gasteiger partial charge in [-0.05, 0) is 45.7 Å². The molecule has 1 heterocycles. The standard InChI is InChI=1S/C16H22N2O4/c1-15(2,3)22-14(20)16(17,9-6-10-19)13-18-11-7-4-5-8-12(11)21-13/h4-5,7-8,19H,6,9-10,17H2,1-3H3. The first kappa shape index (κ1) is 16.5. The molecule has 0 aliphatic carbocycles. The summed E-state index contributed by atoms with van der Waals surface area (Å²) in [7, 11) is 0. The first-order valence-corrected chi connectivity index (χ1v) is 7.25. The van der Waals surface area contributed by atoms with Gasteiger partial charge in [0, 0.05) is 6.61 Å². The summed E-state index contributed by atoms with van der Waals surface area (Å²) < 4.78 is 11.1. The summed E-state index contributed by atoms with van der Waals surface area (Å²) in [6.07, 6.45) is 0.527. The zero-order valence-electron chi connectivity index (χ0n) is 13.1. The van der Waals surface area contributed by atoms with Crippen LogP contribution in [0.4, 0.5) is 0 Å². The van der Waals surface area contributed by atoms with Crippen LogP contribution in [-0.4, -0.2) is 28.3 Å². The van der Waals surface area contributed by atoms with Crippen molar-refractivity contribution in [3.63, 3.8) is 0 Å². The van der Waals surface area contributed by atoms with Crippen molar-refractivity contribution in [2.24, 2.45) is 5.73 Å². The van der Waals surface area contributed by atoms with Crippen molar-refractivity contribution in [3.8, 4) is 0 Å². The molecule has 0 aliphatic heterocycles. The predicted molar refractivity (Wildman–Crippen MR) is 82.0 cm³/mol. The predicted octanol–water partition coefficient (Wildman–Crippen LogP) is 2.10. The highest BCUT2D eigenvalue weighted by Gasteiger charge is 2.43. The zero-order valence-corrected chi connectivity index (χ0v) is 13.1. The quantitative estimate of drug-likeness (QED) is 0.821. The lowest BCUT2D eigenvalue weighted by Gasteiger charge is -2.28. The fourth-order valence-corrected chi connectivity index (χ4v) is 2.09. The van der Waals surface area contributed by atoms with E-state index >= 15 is 0 Å². The lowest BCUT2D eigenvalue weighted by molar-refractivity contribution is -0.163. The van der Waals surface area contributed by atoms with Crippen molar-refractivity contribution in [1.29, 1.82) is 0 Å². The number of oxazole rings is 1.